The molecule has 4 rings (SSSR count). The fraction of sp³-hybridized carbons (Fsp3) is 0.107. The number of nitrogens with one attached hydrogen (secondary N) is 2. The highest BCUT2D eigenvalue weighted by Crippen LogP contribution is 2.33. The third-order valence-electron chi connectivity index (χ3n) is 5.42. The predicted molar refractivity (Wildman–Crippen MR) is 138 cm³/mol. The Hall–Kier alpha value is -4.10. The number of anilines is 1. The molecule has 35 heavy (non-hydrogen) atoms. The van der Waals surface area contributed by atoms with Gasteiger partial charge < -0.3 is 15.7 Å². The highest BCUT2D eigenvalue weighted by molar-refractivity contribution is 7.99. The molecular formula is C28H24N2O4S. The lowest BCUT2D eigenvalue weighted by atomic mass is 10.0. The van der Waals surface area contributed by atoms with Crippen molar-refractivity contribution >= 4 is 46.0 Å². The van der Waals surface area contributed by atoms with Crippen LogP contribution in [-0.2, 0) is 9.59 Å². The zero-order valence-electron chi connectivity index (χ0n) is 18.8. The summed E-state index contributed by atoms with van der Waals surface area (Å²) in [5.74, 6) is -1.94. The predicted octanol–water partition coefficient (Wildman–Crippen LogP) is 5.59. The second kappa shape index (κ2) is 11.4. The Bertz CT molecular complexity index is 1350. The Morgan fingerprint density at radius 3 is 2.29 bits per heavy atom. The Morgan fingerprint density at radius 1 is 0.800 bits per heavy atom. The van der Waals surface area contributed by atoms with E-state index in [4.69, 9.17) is 0 Å². The van der Waals surface area contributed by atoms with Crippen molar-refractivity contribution in [2.75, 3.05) is 5.32 Å². The summed E-state index contributed by atoms with van der Waals surface area (Å²) in [7, 11) is 0. The standard InChI is InChI=1S/C28H24N2O4S/c31-26(32)18-17-24(30-27(33)22-14-8-10-19-9-4-5-13-21(19)22)28(34)29-23-15-6-7-16-25(23)35-20-11-2-1-3-12-20/h1-16,24H,17-18H2,(H,29,34)(H,30,33)(H,31,32)/t24-/m0/s1. The summed E-state index contributed by atoms with van der Waals surface area (Å²) in [5, 5.41) is 16.5. The van der Waals surface area contributed by atoms with Gasteiger partial charge in [-0.25, -0.2) is 0 Å². The Morgan fingerprint density at radius 2 is 1.49 bits per heavy atom. The largest absolute Gasteiger partial charge is 0.481 e. The van der Waals surface area contributed by atoms with Crippen LogP contribution in [0.2, 0.25) is 0 Å². The van der Waals surface area contributed by atoms with Gasteiger partial charge in [0.2, 0.25) is 5.91 Å². The van der Waals surface area contributed by atoms with Gasteiger partial charge in [-0.1, -0.05) is 78.5 Å². The van der Waals surface area contributed by atoms with Gasteiger partial charge in [0.25, 0.3) is 5.91 Å². The molecule has 0 aliphatic heterocycles. The molecule has 176 valence electrons. The summed E-state index contributed by atoms with van der Waals surface area (Å²) in [5.41, 5.74) is 1.02. The first-order valence-electron chi connectivity index (χ1n) is 11.1. The fourth-order valence-electron chi connectivity index (χ4n) is 3.69. The summed E-state index contributed by atoms with van der Waals surface area (Å²) in [4.78, 5) is 39.4. The molecule has 4 aromatic rings. The minimum Gasteiger partial charge on any atom is -0.481 e. The van der Waals surface area contributed by atoms with Crippen molar-refractivity contribution in [3.8, 4) is 0 Å². The van der Waals surface area contributed by atoms with Crippen LogP contribution in [-0.4, -0.2) is 28.9 Å². The molecular weight excluding hydrogens is 460 g/mol. The van der Waals surface area contributed by atoms with Crippen LogP contribution >= 0.6 is 11.8 Å². The zero-order chi connectivity index (χ0) is 24.6. The summed E-state index contributed by atoms with van der Waals surface area (Å²) >= 11 is 1.50. The summed E-state index contributed by atoms with van der Waals surface area (Å²) in [6.07, 6.45) is -0.292. The van der Waals surface area contributed by atoms with E-state index in [2.05, 4.69) is 10.6 Å². The van der Waals surface area contributed by atoms with Gasteiger partial charge in [-0.15, -0.1) is 0 Å². The summed E-state index contributed by atoms with van der Waals surface area (Å²) < 4.78 is 0. The SMILES string of the molecule is O=C(O)CC[C@H](NC(=O)c1cccc2ccccc12)C(=O)Nc1ccccc1Sc1ccccc1. The van der Waals surface area contributed by atoms with Crippen LogP contribution in [0.25, 0.3) is 10.8 Å². The van der Waals surface area contributed by atoms with Gasteiger partial charge in [0.05, 0.1) is 5.69 Å². The lowest BCUT2D eigenvalue weighted by molar-refractivity contribution is -0.137. The number of fused-ring (bicyclic) bond motifs is 1. The number of benzene rings is 4. The maximum absolute atomic E-state index is 13.2. The molecule has 0 saturated carbocycles. The summed E-state index contributed by atoms with van der Waals surface area (Å²) in [6, 6.07) is 29.0. The maximum Gasteiger partial charge on any atom is 0.303 e. The van der Waals surface area contributed by atoms with Crippen LogP contribution in [0.1, 0.15) is 23.2 Å². The molecule has 4 aromatic carbocycles. The van der Waals surface area contributed by atoms with E-state index >= 15 is 0 Å². The quantitative estimate of drug-likeness (QED) is 0.288. The molecule has 1 atom stereocenters. The topological polar surface area (TPSA) is 95.5 Å². The average molecular weight is 485 g/mol. The normalized spacial score (nSPS) is 11.5. The van der Waals surface area contributed by atoms with Crippen LogP contribution in [0.3, 0.4) is 0 Å². The molecule has 0 unspecified atom stereocenters. The monoisotopic (exact) mass is 484 g/mol. The van der Waals surface area contributed by atoms with Gasteiger partial charge in [0, 0.05) is 21.8 Å². The van der Waals surface area contributed by atoms with E-state index in [1.165, 1.54) is 11.8 Å². The average Bonchev–Trinajstić information content (AvgIpc) is 2.87. The van der Waals surface area contributed by atoms with Crippen LogP contribution < -0.4 is 10.6 Å². The number of aliphatic carboxylic acids is 1. The Balaban J connectivity index is 1.55. The molecule has 0 saturated heterocycles. The van der Waals surface area contributed by atoms with E-state index < -0.39 is 23.8 Å². The van der Waals surface area contributed by atoms with Crippen LogP contribution in [0.5, 0.6) is 0 Å². The molecule has 3 N–H and O–H groups in total. The molecule has 6 nitrogen and oxygen atoms in total. The minimum absolute atomic E-state index is 0.0360. The number of rotatable bonds is 9. The first-order chi connectivity index (χ1) is 17.0. The first-order valence-corrected chi connectivity index (χ1v) is 12.0. The maximum atomic E-state index is 13.2. The van der Waals surface area contributed by atoms with E-state index in [9.17, 15) is 19.5 Å². The lowest BCUT2D eigenvalue weighted by Gasteiger charge is -2.19. The third-order valence-corrected chi connectivity index (χ3v) is 6.50. The van der Waals surface area contributed by atoms with Crippen molar-refractivity contribution in [2.45, 2.75) is 28.7 Å². The molecule has 7 heteroatoms. The number of carbonyl (C=O) groups is 3. The smallest absolute Gasteiger partial charge is 0.303 e. The third kappa shape index (κ3) is 6.28. The van der Waals surface area contributed by atoms with Crippen molar-refractivity contribution in [2.24, 2.45) is 0 Å². The van der Waals surface area contributed by atoms with E-state index in [0.717, 1.165) is 20.6 Å². The molecule has 0 fully saturated rings. The van der Waals surface area contributed by atoms with Gasteiger partial charge >= 0.3 is 5.97 Å². The van der Waals surface area contributed by atoms with Crippen LogP contribution in [0.15, 0.2) is 107 Å². The number of amides is 2. The van der Waals surface area contributed by atoms with Gasteiger partial charge in [0.15, 0.2) is 0 Å². The Labute approximate surface area is 207 Å². The highest BCUT2D eigenvalue weighted by Gasteiger charge is 2.24. The highest BCUT2D eigenvalue weighted by atomic mass is 32.2. The number of carbonyl (C=O) groups excluding carboxylic acids is 2. The molecule has 0 radical (unpaired) electrons. The fourth-order valence-corrected chi connectivity index (χ4v) is 4.61. The number of hydrogen-bond acceptors (Lipinski definition) is 4. The lowest BCUT2D eigenvalue weighted by Crippen LogP contribution is -2.44. The molecule has 0 bridgehead atoms. The Kier molecular flexibility index (Phi) is 7.80. The second-order valence-corrected chi connectivity index (χ2v) is 9.00. The molecule has 2 amide bonds. The van der Waals surface area contributed by atoms with E-state index in [0.29, 0.717) is 11.3 Å². The molecule has 0 aromatic heterocycles. The molecule has 0 aliphatic rings. The molecule has 0 spiro atoms. The summed E-state index contributed by atoms with van der Waals surface area (Å²) in [6.45, 7) is 0. The first kappa shape index (κ1) is 24.0. The molecule has 0 heterocycles. The van der Waals surface area contributed by atoms with Crippen molar-refractivity contribution in [1.82, 2.24) is 5.32 Å². The van der Waals surface area contributed by atoms with Gasteiger partial charge in [-0.2, -0.15) is 0 Å². The van der Waals surface area contributed by atoms with Crippen molar-refractivity contribution in [3.63, 3.8) is 0 Å². The van der Waals surface area contributed by atoms with Gasteiger partial charge in [0.1, 0.15) is 6.04 Å². The number of hydrogen-bond donors (Lipinski definition) is 3. The van der Waals surface area contributed by atoms with Crippen molar-refractivity contribution in [3.05, 3.63) is 103 Å². The van der Waals surface area contributed by atoms with E-state index in [-0.39, 0.29) is 12.8 Å². The second-order valence-electron chi connectivity index (χ2n) is 7.89. The minimum atomic E-state index is -1.04. The van der Waals surface area contributed by atoms with Crippen molar-refractivity contribution in [1.29, 1.82) is 0 Å². The van der Waals surface area contributed by atoms with Crippen LogP contribution in [0.4, 0.5) is 5.69 Å². The van der Waals surface area contributed by atoms with Gasteiger partial charge in [-0.05, 0) is 47.5 Å². The van der Waals surface area contributed by atoms with E-state index in [1.807, 2.05) is 78.9 Å². The molecule has 0 aliphatic carbocycles. The van der Waals surface area contributed by atoms with Crippen molar-refractivity contribution < 1.29 is 19.5 Å². The number of para-hydroxylation sites is 1. The van der Waals surface area contributed by atoms with Gasteiger partial charge in [-0.3, -0.25) is 14.4 Å². The van der Waals surface area contributed by atoms with Crippen LogP contribution in [0, 0.1) is 0 Å². The number of carboxylic acid groups (broad SMARTS) is 1. The zero-order valence-corrected chi connectivity index (χ0v) is 19.6. The number of carboxylic acids is 1. The van der Waals surface area contributed by atoms with E-state index in [1.54, 1.807) is 18.2 Å².